The van der Waals surface area contributed by atoms with Crippen LogP contribution in [0.4, 0.5) is 12.9 Å². The van der Waals surface area contributed by atoms with Gasteiger partial charge in [0.15, 0.2) is 5.82 Å². The molecule has 0 aliphatic rings. The fourth-order valence-electron chi connectivity index (χ4n) is 0.874. The molecular weight excluding hydrogens is 221 g/mol. The maximum absolute atomic E-state index is 11.9. The number of rotatable bonds is 3. The maximum atomic E-state index is 11.9. The van der Waals surface area contributed by atoms with Crippen molar-refractivity contribution in [2.45, 2.75) is 26.2 Å². The van der Waals surface area contributed by atoms with Gasteiger partial charge < -0.3 is 12.9 Å². The number of nitrogens with zero attached hydrogens (tertiary/aromatic N) is 3. The van der Waals surface area contributed by atoms with Crippen molar-refractivity contribution in [1.82, 2.24) is 14.8 Å². The third-order valence-electron chi connectivity index (χ3n) is 1.46. The molecule has 0 N–H and O–H groups in total. The van der Waals surface area contributed by atoms with Gasteiger partial charge in [0.1, 0.15) is 6.33 Å². The van der Waals surface area contributed by atoms with E-state index in [0.29, 0.717) is 5.82 Å². The third kappa shape index (κ3) is 4.92. The van der Waals surface area contributed by atoms with Crippen molar-refractivity contribution in [3.8, 4) is 0 Å². The van der Waals surface area contributed by atoms with E-state index in [9.17, 15) is 12.9 Å². The fraction of sp³-hybridized carbons (Fsp3) is 0.667. The smallest absolute Gasteiger partial charge is 0.448 e. The second-order valence-corrected chi connectivity index (χ2v) is 3.19. The van der Waals surface area contributed by atoms with Crippen molar-refractivity contribution >= 4 is 6.98 Å². The van der Waals surface area contributed by atoms with Gasteiger partial charge in [-0.3, -0.25) is 4.68 Å². The van der Waals surface area contributed by atoms with E-state index in [1.165, 1.54) is 0 Å². The average molecular weight is 231 g/mol. The molecule has 0 radical (unpaired) electrons. The van der Waals surface area contributed by atoms with Gasteiger partial charge in [0.2, 0.25) is 0 Å². The first-order valence-electron chi connectivity index (χ1n) is 3.99. The van der Waals surface area contributed by atoms with E-state index in [-0.39, 0.29) is 57.3 Å². The number of hydrogen-bond donors (Lipinski definition) is 0. The summed E-state index contributed by atoms with van der Waals surface area (Å²) in [7, 11) is 0. The Labute approximate surface area is 123 Å². The molecule has 0 amide bonds. The molecule has 1 rings (SSSR count). The van der Waals surface area contributed by atoms with Crippen LogP contribution in [0.25, 0.3) is 0 Å². The van der Waals surface area contributed by atoms with Crippen molar-refractivity contribution in [1.29, 1.82) is 0 Å². The van der Waals surface area contributed by atoms with Gasteiger partial charge in [0.25, 0.3) is 0 Å². The quantitative estimate of drug-likeness (QED) is 0.611. The van der Waals surface area contributed by atoms with Crippen molar-refractivity contribution in [2.24, 2.45) is 0 Å². The SMILES string of the molecule is CC(C)c1ncn(C[B-](F)(F)F)n1.[K+]. The number of hydrogen-bond acceptors (Lipinski definition) is 2. The molecule has 0 bridgehead atoms. The van der Waals surface area contributed by atoms with Crippen molar-refractivity contribution in [3.05, 3.63) is 12.2 Å². The molecule has 14 heavy (non-hydrogen) atoms. The fourth-order valence-corrected chi connectivity index (χ4v) is 0.874. The molecule has 1 aromatic heterocycles. The zero-order valence-electron chi connectivity index (χ0n) is 8.41. The Morgan fingerprint density at radius 3 is 2.36 bits per heavy atom. The van der Waals surface area contributed by atoms with Gasteiger partial charge in [-0.2, -0.15) is 5.10 Å². The molecule has 0 spiro atoms. The van der Waals surface area contributed by atoms with Gasteiger partial charge in [-0.25, -0.2) is 4.98 Å². The first kappa shape index (κ1) is 14.6. The summed E-state index contributed by atoms with van der Waals surface area (Å²) in [6, 6.07) is 0. The first-order valence-corrected chi connectivity index (χ1v) is 3.99. The van der Waals surface area contributed by atoms with Crippen LogP contribution in [0.3, 0.4) is 0 Å². The van der Waals surface area contributed by atoms with Crippen LogP contribution in [-0.4, -0.2) is 21.7 Å². The van der Waals surface area contributed by atoms with Crippen LogP contribution in [0.1, 0.15) is 25.6 Å². The van der Waals surface area contributed by atoms with E-state index in [1.807, 2.05) is 13.8 Å². The Morgan fingerprint density at radius 2 is 2.00 bits per heavy atom. The van der Waals surface area contributed by atoms with Crippen molar-refractivity contribution < 1.29 is 64.3 Å². The van der Waals surface area contributed by atoms with Crippen LogP contribution in [0.5, 0.6) is 0 Å². The minimum absolute atomic E-state index is 0. The molecular formula is C6H10BF3KN3. The average Bonchev–Trinajstić information content (AvgIpc) is 2.31. The first-order chi connectivity index (χ1) is 5.88. The van der Waals surface area contributed by atoms with Gasteiger partial charge in [0, 0.05) is 12.4 Å². The van der Waals surface area contributed by atoms with Crippen LogP contribution in [0, 0.1) is 0 Å². The molecule has 0 aliphatic heterocycles. The predicted molar refractivity (Wildman–Crippen MR) is 43.2 cm³/mol. The van der Waals surface area contributed by atoms with E-state index >= 15 is 0 Å². The molecule has 0 fully saturated rings. The minimum atomic E-state index is -4.83. The topological polar surface area (TPSA) is 30.7 Å². The molecule has 0 saturated heterocycles. The van der Waals surface area contributed by atoms with E-state index in [4.69, 9.17) is 0 Å². The van der Waals surface area contributed by atoms with Gasteiger partial charge in [-0.1, -0.05) is 13.8 Å². The minimum Gasteiger partial charge on any atom is -0.448 e. The molecule has 0 atom stereocenters. The zero-order valence-corrected chi connectivity index (χ0v) is 11.5. The molecule has 0 aromatic carbocycles. The largest absolute Gasteiger partial charge is 1.00 e. The van der Waals surface area contributed by atoms with Crippen molar-refractivity contribution in [3.63, 3.8) is 0 Å². The van der Waals surface area contributed by atoms with Crippen LogP contribution in [0.15, 0.2) is 6.33 Å². The molecule has 1 heterocycles. The zero-order chi connectivity index (χ0) is 10.1. The van der Waals surface area contributed by atoms with Gasteiger partial charge in [-0.05, 0) is 0 Å². The second kappa shape index (κ2) is 5.64. The summed E-state index contributed by atoms with van der Waals surface area (Å²) >= 11 is 0. The van der Waals surface area contributed by atoms with Crippen LogP contribution in [0.2, 0.25) is 0 Å². The van der Waals surface area contributed by atoms with E-state index in [2.05, 4.69) is 10.1 Å². The summed E-state index contributed by atoms with van der Waals surface area (Å²) in [5.41, 5.74) is 0. The van der Waals surface area contributed by atoms with Gasteiger partial charge in [-0.15, -0.1) is 0 Å². The van der Waals surface area contributed by atoms with Crippen LogP contribution >= 0.6 is 0 Å². The number of aromatic nitrogens is 3. The number of halogens is 3. The molecule has 8 heteroatoms. The van der Waals surface area contributed by atoms with Crippen LogP contribution in [-0.2, 0) is 6.44 Å². The van der Waals surface area contributed by atoms with E-state index in [0.717, 1.165) is 11.0 Å². The van der Waals surface area contributed by atoms with E-state index in [1.54, 1.807) is 0 Å². The predicted octanol–water partition coefficient (Wildman–Crippen LogP) is -1.21. The molecule has 3 nitrogen and oxygen atoms in total. The van der Waals surface area contributed by atoms with E-state index < -0.39 is 13.4 Å². The molecule has 0 saturated carbocycles. The maximum Gasteiger partial charge on any atom is 1.00 e. The third-order valence-corrected chi connectivity index (χ3v) is 1.46. The Morgan fingerprint density at radius 1 is 1.43 bits per heavy atom. The molecule has 1 aromatic rings. The Balaban J connectivity index is 0.00000169. The van der Waals surface area contributed by atoms with Gasteiger partial charge in [0.05, 0.1) is 0 Å². The normalized spacial score (nSPS) is 11.6. The standard InChI is InChI=1S/C6H10BF3N3.K/c1-5(2)6-11-4-13(12-6)3-7(8,9)10;/h4-5H,3H2,1-2H3;/q-1;+1. The summed E-state index contributed by atoms with van der Waals surface area (Å²) in [4.78, 5) is 3.76. The second-order valence-electron chi connectivity index (χ2n) is 3.19. The van der Waals surface area contributed by atoms with Crippen molar-refractivity contribution in [2.75, 3.05) is 0 Å². The summed E-state index contributed by atoms with van der Waals surface area (Å²) in [6.07, 6.45) is 0.101. The van der Waals surface area contributed by atoms with Crippen LogP contribution < -0.4 is 51.4 Å². The Hall–Kier alpha value is 0.631. The summed E-state index contributed by atoms with van der Waals surface area (Å²) in [6.45, 7) is -1.17. The Kier molecular flexibility index (Phi) is 5.90. The summed E-state index contributed by atoms with van der Waals surface area (Å²) < 4.78 is 36.6. The summed E-state index contributed by atoms with van der Waals surface area (Å²) in [5.74, 6) is 0.502. The van der Waals surface area contributed by atoms with Gasteiger partial charge >= 0.3 is 58.4 Å². The monoisotopic (exact) mass is 231 g/mol. The Bertz CT molecular complexity index is 286. The molecule has 0 unspecified atom stereocenters. The summed E-state index contributed by atoms with van der Waals surface area (Å²) in [5, 5.41) is 3.70. The molecule has 0 aliphatic carbocycles. The molecule has 74 valence electrons.